The van der Waals surface area contributed by atoms with Crippen molar-refractivity contribution in [1.29, 1.82) is 0 Å². The summed E-state index contributed by atoms with van der Waals surface area (Å²) in [6.07, 6.45) is 6.42. The average Bonchev–Trinajstić information content (AvgIpc) is 3.44. The SMILES string of the molecule is C=C(/C=C(\C=C(/CC)c1cccc(C)c1)n1nnc(-c2ccc3c(n2)CCC(C)(C)C3=O)n1)c1ccccc1. The Morgan fingerprint density at radius 3 is 2.54 bits per heavy atom. The van der Waals surface area contributed by atoms with Gasteiger partial charge in [0.25, 0.3) is 0 Å². The number of Topliss-reactive ketones (excluding diaryl/α,β-unsaturated/α-hetero) is 1. The molecule has 0 aliphatic heterocycles. The van der Waals surface area contributed by atoms with Crippen LogP contribution in [0.15, 0.2) is 85.5 Å². The van der Waals surface area contributed by atoms with Crippen LogP contribution in [0.25, 0.3) is 28.4 Å². The van der Waals surface area contributed by atoms with Crippen LogP contribution in [-0.2, 0) is 6.42 Å². The first-order chi connectivity index (χ1) is 18.7. The number of rotatable bonds is 7. The molecule has 0 amide bonds. The highest BCUT2D eigenvalue weighted by molar-refractivity contribution is 6.02. The van der Waals surface area contributed by atoms with E-state index in [1.165, 1.54) is 10.4 Å². The number of aryl methyl sites for hydroxylation is 2. The lowest BCUT2D eigenvalue weighted by molar-refractivity contribution is 0.0809. The van der Waals surface area contributed by atoms with Crippen molar-refractivity contribution in [3.05, 3.63) is 113 Å². The van der Waals surface area contributed by atoms with Gasteiger partial charge in [0.1, 0.15) is 5.69 Å². The lowest BCUT2D eigenvalue weighted by atomic mass is 9.75. The minimum Gasteiger partial charge on any atom is -0.294 e. The first-order valence-electron chi connectivity index (χ1n) is 13.3. The predicted molar refractivity (Wildman–Crippen MR) is 157 cm³/mol. The fourth-order valence-electron chi connectivity index (χ4n) is 4.84. The summed E-state index contributed by atoms with van der Waals surface area (Å²) in [5.41, 5.74) is 7.84. The zero-order valence-electron chi connectivity index (χ0n) is 23.0. The number of nitrogens with zero attached hydrogens (tertiary/aromatic N) is 5. The van der Waals surface area contributed by atoms with Gasteiger partial charge >= 0.3 is 0 Å². The molecule has 196 valence electrons. The summed E-state index contributed by atoms with van der Waals surface area (Å²) in [5.74, 6) is 0.547. The number of pyridine rings is 1. The van der Waals surface area contributed by atoms with E-state index in [0.29, 0.717) is 17.1 Å². The molecule has 0 radical (unpaired) electrons. The Morgan fingerprint density at radius 1 is 1.03 bits per heavy atom. The van der Waals surface area contributed by atoms with Gasteiger partial charge in [0.05, 0.1) is 11.4 Å². The first-order valence-corrected chi connectivity index (χ1v) is 13.3. The van der Waals surface area contributed by atoms with E-state index < -0.39 is 0 Å². The van der Waals surface area contributed by atoms with Gasteiger partial charge in [-0.05, 0) is 78.0 Å². The molecule has 0 spiro atoms. The number of ketones is 1. The van der Waals surface area contributed by atoms with Crippen LogP contribution < -0.4 is 0 Å². The van der Waals surface area contributed by atoms with Crippen LogP contribution in [0, 0.1) is 12.3 Å². The van der Waals surface area contributed by atoms with Gasteiger partial charge in [-0.25, -0.2) is 4.98 Å². The smallest absolute Gasteiger partial charge is 0.223 e. The number of tetrazole rings is 1. The van der Waals surface area contributed by atoms with Crippen LogP contribution in [0.5, 0.6) is 0 Å². The molecule has 0 saturated carbocycles. The Hall–Kier alpha value is -4.45. The Balaban J connectivity index is 1.55. The predicted octanol–water partition coefficient (Wildman–Crippen LogP) is 7.25. The minimum atomic E-state index is -0.362. The van der Waals surface area contributed by atoms with Crippen molar-refractivity contribution in [3.8, 4) is 11.5 Å². The quantitative estimate of drug-likeness (QED) is 0.242. The molecule has 0 unspecified atom stereocenters. The Labute approximate surface area is 229 Å². The Morgan fingerprint density at radius 2 is 1.79 bits per heavy atom. The van der Waals surface area contributed by atoms with Crippen molar-refractivity contribution in [1.82, 2.24) is 25.2 Å². The number of hydrogen-bond acceptors (Lipinski definition) is 5. The molecule has 0 saturated heterocycles. The van der Waals surface area contributed by atoms with Crippen molar-refractivity contribution in [2.45, 2.75) is 47.0 Å². The average molecular weight is 516 g/mol. The van der Waals surface area contributed by atoms with Crippen LogP contribution in [0.1, 0.15) is 66.4 Å². The summed E-state index contributed by atoms with van der Waals surface area (Å²) in [6, 6.07) is 22.2. The van der Waals surface area contributed by atoms with E-state index in [2.05, 4.69) is 61.1 Å². The lowest BCUT2D eigenvalue weighted by Crippen LogP contribution is -2.31. The van der Waals surface area contributed by atoms with Gasteiger partial charge in [0.15, 0.2) is 5.78 Å². The molecule has 39 heavy (non-hydrogen) atoms. The standard InChI is InChI=1S/C33H33N5O/c1-6-24(26-14-10-11-22(2)19-26)21-27(20-23(3)25-12-8-7-9-13-25)38-36-32(35-37-38)30-16-15-28-29(34-30)17-18-33(4,5)31(28)39/h7-16,19-21H,3,6,17-18H2,1-2,4-5H3/b24-21+,27-20+. The van der Waals surface area contributed by atoms with E-state index in [9.17, 15) is 4.79 Å². The molecule has 1 aliphatic rings. The number of carbonyl (C=O) groups excluding carboxylic acids is 1. The number of aromatic nitrogens is 5. The van der Waals surface area contributed by atoms with Gasteiger partial charge < -0.3 is 0 Å². The third-order valence-corrected chi connectivity index (χ3v) is 7.25. The van der Waals surface area contributed by atoms with E-state index in [4.69, 9.17) is 10.1 Å². The summed E-state index contributed by atoms with van der Waals surface area (Å²) in [7, 11) is 0. The van der Waals surface area contributed by atoms with Gasteiger partial charge in [-0.2, -0.15) is 0 Å². The third kappa shape index (κ3) is 5.55. The van der Waals surface area contributed by atoms with E-state index in [0.717, 1.165) is 52.9 Å². The van der Waals surface area contributed by atoms with Crippen molar-refractivity contribution in [3.63, 3.8) is 0 Å². The van der Waals surface area contributed by atoms with E-state index in [1.54, 1.807) is 0 Å². The minimum absolute atomic E-state index is 0.137. The van der Waals surface area contributed by atoms with Crippen LogP contribution in [-0.4, -0.2) is 31.0 Å². The number of hydrogen-bond donors (Lipinski definition) is 0. The van der Waals surface area contributed by atoms with E-state index in [1.807, 2.05) is 62.4 Å². The van der Waals surface area contributed by atoms with Gasteiger partial charge in [0.2, 0.25) is 5.82 Å². The lowest BCUT2D eigenvalue weighted by Gasteiger charge is -2.28. The highest BCUT2D eigenvalue weighted by Crippen LogP contribution is 2.34. The topological polar surface area (TPSA) is 73.6 Å². The first kappa shape index (κ1) is 26.2. The summed E-state index contributed by atoms with van der Waals surface area (Å²) in [6.45, 7) is 12.5. The van der Waals surface area contributed by atoms with Crippen LogP contribution >= 0.6 is 0 Å². The Bertz CT molecular complexity index is 1610. The molecule has 2 aromatic carbocycles. The van der Waals surface area contributed by atoms with Gasteiger partial charge in [-0.15, -0.1) is 15.0 Å². The fourth-order valence-corrected chi connectivity index (χ4v) is 4.84. The number of allylic oxidation sites excluding steroid dienone is 5. The maximum absolute atomic E-state index is 12.9. The molecule has 4 aromatic rings. The maximum Gasteiger partial charge on any atom is 0.223 e. The monoisotopic (exact) mass is 515 g/mol. The Kier molecular flexibility index (Phi) is 7.20. The van der Waals surface area contributed by atoms with Gasteiger partial charge in [-0.1, -0.05) is 87.5 Å². The maximum atomic E-state index is 12.9. The zero-order valence-corrected chi connectivity index (χ0v) is 23.0. The molecule has 0 fully saturated rings. The van der Waals surface area contributed by atoms with Crippen molar-refractivity contribution < 1.29 is 4.79 Å². The number of benzene rings is 2. The zero-order chi connectivity index (χ0) is 27.6. The molecule has 0 bridgehead atoms. The summed E-state index contributed by atoms with van der Waals surface area (Å²) in [5, 5.41) is 13.5. The van der Waals surface area contributed by atoms with E-state index >= 15 is 0 Å². The fraction of sp³-hybridized carbons (Fsp3) is 0.242. The molecule has 0 N–H and O–H groups in total. The highest BCUT2D eigenvalue weighted by Gasteiger charge is 2.35. The summed E-state index contributed by atoms with van der Waals surface area (Å²) in [4.78, 5) is 19.2. The molecule has 6 heteroatoms. The number of carbonyl (C=O) groups is 1. The summed E-state index contributed by atoms with van der Waals surface area (Å²) < 4.78 is 0. The normalized spacial score (nSPS) is 15.2. The van der Waals surface area contributed by atoms with Gasteiger partial charge in [-0.3, -0.25) is 4.79 Å². The molecule has 0 atom stereocenters. The van der Waals surface area contributed by atoms with Crippen molar-refractivity contribution >= 4 is 22.6 Å². The largest absolute Gasteiger partial charge is 0.294 e. The van der Waals surface area contributed by atoms with Crippen molar-refractivity contribution in [2.24, 2.45) is 5.41 Å². The summed E-state index contributed by atoms with van der Waals surface area (Å²) >= 11 is 0. The second-order valence-electron chi connectivity index (χ2n) is 10.7. The van der Waals surface area contributed by atoms with Gasteiger partial charge in [0, 0.05) is 11.0 Å². The molecular weight excluding hydrogens is 482 g/mol. The van der Waals surface area contributed by atoms with Crippen molar-refractivity contribution in [2.75, 3.05) is 0 Å². The highest BCUT2D eigenvalue weighted by atomic mass is 16.1. The molecule has 2 heterocycles. The molecular formula is C33H33N5O. The molecule has 2 aromatic heterocycles. The van der Waals surface area contributed by atoms with E-state index in [-0.39, 0.29) is 11.2 Å². The molecule has 5 rings (SSSR count). The molecule has 1 aliphatic carbocycles. The molecule has 6 nitrogen and oxygen atoms in total. The third-order valence-electron chi connectivity index (χ3n) is 7.25. The second kappa shape index (κ2) is 10.7. The van der Waals surface area contributed by atoms with Crippen LogP contribution in [0.3, 0.4) is 0 Å². The van der Waals surface area contributed by atoms with Crippen LogP contribution in [0.4, 0.5) is 0 Å². The second-order valence-corrected chi connectivity index (χ2v) is 10.7. The number of fused-ring (bicyclic) bond motifs is 1. The van der Waals surface area contributed by atoms with Crippen LogP contribution in [0.2, 0.25) is 0 Å².